The van der Waals surface area contributed by atoms with E-state index in [1.807, 2.05) is 41.3 Å². The molecule has 2 aliphatic rings. The van der Waals surface area contributed by atoms with Gasteiger partial charge in [-0.15, -0.1) is 11.3 Å². The van der Waals surface area contributed by atoms with Gasteiger partial charge in [0.1, 0.15) is 5.82 Å². The predicted molar refractivity (Wildman–Crippen MR) is 123 cm³/mol. The van der Waals surface area contributed by atoms with Crippen molar-refractivity contribution in [2.45, 2.75) is 32.6 Å². The number of allylic oxidation sites excluding steroid dienone is 3. The number of anilines is 1. The van der Waals surface area contributed by atoms with Crippen LogP contribution in [0.3, 0.4) is 0 Å². The number of ketones is 1. The number of Topliss-reactive ketones (excluding diaryl/α,β-unsaturated/α-hetero) is 1. The van der Waals surface area contributed by atoms with Crippen LogP contribution in [-0.4, -0.2) is 5.78 Å². The average molecular weight is 533 g/mol. The van der Waals surface area contributed by atoms with Gasteiger partial charge in [-0.2, -0.15) is 5.26 Å². The highest BCUT2D eigenvalue weighted by molar-refractivity contribution is 9.11. The molecule has 0 spiro atoms. The van der Waals surface area contributed by atoms with Crippen molar-refractivity contribution in [2.75, 3.05) is 4.90 Å². The zero-order valence-electron chi connectivity index (χ0n) is 16.0. The highest BCUT2D eigenvalue weighted by Gasteiger charge is 2.45. The largest absolute Gasteiger partial charge is 0.384 e. The van der Waals surface area contributed by atoms with Crippen molar-refractivity contribution in [1.82, 2.24) is 0 Å². The van der Waals surface area contributed by atoms with Gasteiger partial charge in [0.05, 0.1) is 21.3 Å². The summed E-state index contributed by atoms with van der Waals surface area (Å²) >= 11 is 8.51. The highest BCUT2D eigenvalue weighted by atomic mass is 79.9. The number of halogens is 2. The number of hydrogen-bond donors (Lipinski definition) is 1. The second kappa shape index (κ2) is 7.42. The number of thiophene rings is 1. The minimum Gasteiger partial charge on any atom is -0.384 e. The Morgan fingerprint density at radius 2 is 1.86 bits per heavy atom. The smallest absolute Gasteiger partial charge is 0.162 e. The van der Waals surface area contributed by atoms with Crippen molar-refractivity contribution in [3.05, 3.63) is 72.2 Å². The van der Waals surface area contributed by atoms with Crippen molar-refractivity contribution in [1.29, 1.82) is 5.26 Å². The van der Waals surface area contributed by atoms with E-state index in [1.54, 1.807) is 0 Å². The maximum absolute atomic E-state index is 13.4. The highest BCUT2D eigenvalue weighted by Crippen LogP contribution is 2.51. The van der Waals surface area contributed by atoms with E-state index in [0.717, 1.165) is 24.5 Å². The van der Waals surface area contributed by atoms with E-state index in [2.05, 4.69) is 51.8 Å². The summed E-state index contributed by atoms with van der Waals surface area (Å²) in [6, 6.07) is 14.0. The van der Waals surface area contributed by atoms with Gasteiger partial charge in [0.25, 0.3) is 0 Å². The fourth-order valence-corrected chi connectivity index (χ4v) is 5.97. The molecule has 0 saturated heterocycles. The molecule has 4 nitrogen and oxygen atoms in total. The number of nitriles is 1. The van der Waals surface area contributed by atoms with Crippen LogP contribution in [0.25, 0.3) is 0 Å². The van der Waals surface area contributed by atoms with Gasteiger partial charge in [-0.1, -0.05) is 29.8 Å². The van der Waals surface area contributed by atoms with Gasteiger partial charge in [-0.25, -0.2) is 0 Å². The van der Waals surface area contributed by atoms with Crippen LogP contribution in [0.15, 0.2) is 67.3 Å². The summed E-state index contributed by atoms with van der Waals surface area (Å²) in [6.45, 7) is 4.20. The second-order valence-corrected chi connectivity index (χ2v) is 11.5. The minimum atomic E-state index is -0.415. The topological polar surface area (TPSA) is 70.1 Å². The quantitative estimate of drug-likeness (QED) is 0.498. The summed E-state index contributed by atoms with van der Waals surface area (Å²) in [5.41, 5.74) is 9.30. The Labute approximate surface area is 191 Å². The van der Waals surface area contributed by atoms with Gasteiger partial charge in [0, 0.05) is 32.7 Å². The third kappa shape index (κ3) is 3.58. The Bertz CT molecular complexity index is 1110. The molecule has 1 aromatic heterocycles. The summed E-state index contributed by atoms with van der Waals surface area (Å²) in [4.78, 5) is 16.2. The van der Waals surface area contributed by atoms with Gasteiger partial charge >= 0.3 is 0 Å². The summed E-state index contributed by atoms with van der Waals surface area (Å²) in [7, 11) is 0. The lowest BCUT2D eigenvalue weighted by molar-refractivity contribution is -0.118. The molecule has 0 fully saturated rings. The zero-order chi connectivity index (χ0) is 20.9. The molecule has 0 saturated carbocycles. The number of carbonyl (C=O) groups excluding carboxylic acids is 1. The number of nitrogens with two attached hydrogens (primary N) is 1. The molecule has 0 radical (unpaired) electrons. The molecule has 148 valence electrons. The first-order valence-corrected chi connectivity index (χ1v) is 11.6. The molecule has 0 unspecified atom stereocenters. The Hall–Kier alpha value is -1.88. The monoisotopic (exact) mass is 531 g/mol. The summed E-state index contributed by atoms with van der Waals surface area (Å²) in [5, 5.41) is 10.0. The van der Waals surface area contributed by atoms with Crippen LogP contribution < -0.4 is 10.6 Å². The van der Waals surface area contributed by atoms with Crippen LogP contribution in [0.1, 0.15) is 37.5 Å². The van der Waals surface area contributed by atoms with Crippen LogP contribution in [0.5, 0.6) is 0 Å². The Morgan fingerprint density at radius 1 is 1.17 bits per heavy atom. The summed E-state index contributed by atoms with van der Waals surface area (Å²) < 4.78 is 1.92. The normalized spacial score (nSPS) is 21.3. The van der Waals surface area contributed by atoms with Crippen LogP contribution in [0, 0.1) is 16.7 Å². The van der Waals surface area contributed by atoms with Gasteiger partial charge in [-0.05, 0) is 64.2 Å². The minimum absolute atomic E-state index is 0.0909. The van der Waals surface area contributed by atoms with E-state index in [9.17, 15) is 10.1 Å². The van der Waals surface area contributed by atoms with Crippen molar-refractivity contribution in [3.8, 4) is 6.07 Å². The van der Waals surface area contributed by atoms with Gasteiger partial charge in [0.15, 0.2) is 5.78 Å². The lowest BCUT2D eigenvalue weighted by Crippen LogP contribution is -2.42. The maximum Gasteiger partial charge on any atom is 0.162 e. The van der Waals surface area contributed by atoms with Crippen LogP contribution in [-0.2, 0) is 4.79 Å². The Morgan fingerprint density at radius 3 is 2.45 bits per heavy atom. The molecule has 0 amide bonds. The fourth-order valence-electron chi connectivity index (χ4n) is 4.16. The molecular weight excluding hydrogens is 514 g/mol. The Kier molecular flexibility index (Phi) is 5.22. The van der Waals surface area contributed by atoms with Crippen molar-refractivity contribution < 1.29 is 4.79 Å². The van der Waals surface area contributed by atoms with E-state index in [-0.39, 0.29) is 11.2 Å². The number of carbonyl (C=O) groups is 1. The summed E-state index contributed by atoms with van der Waals surface area (Å²) in [6.07, 6.45) is 1.17. The third-order valence-electron chi connectivity index (χ3n) is 5.34. The second-order valence-electron chi connectivity index (χ2n) is 8.10. The number of benzene rings is 1. The molecule has 4 rings (SSSR count). The zero-order valence-corrected chi connectivity index (χ0v) is 20.0. The van der Waals surface area contributed by atoms with E-state index in [4.69, 9.17) is 5.73 Å². The molecule has 2 aromatic rings. The van der Waals surface area contributed by atoms with Crippen molar-refractivity contribution in [2.24, 2.45) is 11.1 Å². The number of rotatable bonds is 2. The predicted octanol–water partition coefficient (Wildman–Crippen LogP) is 6.21. The van der Waals surface area contributed by atoms with Gasteiger partial charge in [-0.3, -0.25) is 9.69 Å². The first kappa shape index (κ1) is 20.4. The standard InChI is InChI=1S/C22H19Br2N3OS/c1-22(2)9-15-20(16(28)10-22)19(17-7-8-18(24)29-17)14(11-25)21(26)27(15)13-5-3-12(23)4-6-13/h3-8,19H,9-10,26H2,1-2H3/t19-/m1/s1. The first-order chi connectivity index (χ1) is 13.7. The van der Waals surface area contributed by atoms with Crippen LogP contribution in [0.4, 0.5) is 5.69 Å². The number of hydrogen-bond acceptors (Lipinski definition) is 5. The van der Waals surface area contributed by atoms with Gasteiger partial charge in [0.2, 0.25) is 0 Å². The SMILES string of the molecule is CC1(C)CC(=O)C2=C(C1)N(c1ccc(Br)cc1)C(N)=C(C#N)[C@@H]2c1ccc(Br)s1. The number of nitrogens with zero attached hydrogens (tertiary/aromatic N) is 2. The van der Waals surface area contributed by atoms with E-state index in [1.165, 1.54) is 11.3 Å². The Balaban J connectivity index is 1.99. The molecule has 1 atom stereocenters. The first-order valence-electron chi connectivity index (χ1n) is 9.19. The van der Waals surface area contributed by atoms with E-state index in [0.29, 0.717) is 29.8 Å². The average Bonchev–Trinajstić information content (AvgIpc) is 3.07. The molecule has 29 heavy (non-hydrogen) atoms. The third-order valence-corrected chi connectivity index (χ3v) is 7.56. The van der Waals surface area contributed by atoms with E-state index < -0.39 is 5.92 Å². The lowest BCUT2D eigenvalue weighted by Gasteiger charge is -2.43. The molecule has 1 aromatic carbocycles. The summed E-state index contributed by atoms with van der Waals surface area (Å²) in [5.74, 6) is 0.0725. The molecule has 2 heterocycles. The van der Waals surface area contributed by atoms with Crippen LogP contribution in [0.2, 0.25) is 0 Å². The molecule has 2 N–H and O–H groups in total. The lowest BCUT2D eigenvalue weighted by atomic mass is 9.69. The fraction of sp³-hybridized carbons (Fsp3) is 0.273. The van der Waals surface area contributed by atoms with Crippen molar-refractivity contribution >= 4 is 54.7 Å². The molecular formula is C22H19Br2N3OS. The van der Waals surface area contributed by atoms with Crippen molar-refractivity contribution in [3.63, 3.8) is 0 Å². The maximum atomic E-state index is 13.4. The molecule has 1 aliphatic heterocycles. The molecule has 1 aliphatic carbocycles. The molecule has 7 heteroatoms. The molecule has 0 bridgehead atoms. The van der Waals surface area contributed by atoms with Crippen LogP contribution >= 0.6 is 43.2 Å². The van der Waals surface area contributed by atoms with Gasteiger partial charge < -0.3 is 5.73 Å². The van der Waals surface area contributed by atoms with E-state index >= 15 is 0 Å².